The summed E-state index contributed by atoms with van der Waals surface area (Å²) in [6, 6.07) is 10.6. The van der Waals surface area contributed by atoms with E-state index in [1.54, 1.807) is 24.3 Å². The molecule has 0 amide bonds. The molecule has 0 spiro atoms. The first kappa shape index (κ1) is 14.9. The van der Waals surface area contributed by atoms with Crippen LogP contribution in [-0.4, -0.2) is 0 Å². The maximum absolute atomic E-state index is 12.9. The molecule has 0 bridgehead atoms. The third kappa shape index (κ3) is 3.52. The summed E-state index contributed by atoms with van der Waals surface area (Å²) in [5.74, 6) is 0.570. The fraction of sp³-hybridized carbons (Fsp3) is 0.143. The average molecular weight is 346 g/mol. The Hall–Kier alpha value is -1.53. The molecule has 0 saturated carbocycles. The topological polar surface area (TPSA) is 35.2 Å². The first-order valence-corrected chi connectivity index (χ1v) is 6.53. The molecule has 0 fully saturated rings. The van der Waals surface area contributed by atoms with Gasteiger partial charge < -0.3 is 10.5 Å². The number of ether oxygens (including phenoxy) is 1. The lowest BCUT2D eigenvalue weighted by molar-refractivity contribution is -0.138. The van der Waals surface area contributed by atoms with Crippen LogP contribution in [0.2, 0.25) is 0 Å². The largest absolute Gasteiger partial charge is 0.457 e. The molecular formula is C14H11BrF3NO. The van der Waals surface area contributed by atoms with Crippen LogP contribution in [-0.2, 0) is 12.7 Å². The molecule has 0 atom stereocenters. The summed E-state index contributed by atoms with van der Waals surface area (Å²) in [5, 5.41) is 0. The van der Waals surface area contributed by atoms with Crippen molar-refractivity contribution in [2.45, 2.75) is 12.7 Å². The van der Waals surface area contributed by atoms with E-state index in [1.807, 2.05) is 0 Å². The van der Waals surface area contributed by atoms with Gasteiger partial charge in [0.2, 0.25) is 0 Å². The van der Waals surface area contributed by atoms with E-state index >= 15 is 0 Å². The standard InChI is InChI=1S/C14H11BrF3NO/c15-10-2-1-3-11(6-10)20-12-5-4-9(8-19)13(7-12)14(16,17)18/h1-7H,8,19H2. The fourth-order valence-electron chi connectivity index (χ4n) is 1.73. The van der Waals surface area contributed by atoms with Crippen LogP contribution in [0.3, 0.4) is 0 Å². The molecular weight excluding hydrogens is 335 g/mol. The highest BCUT2D eigenvalue weighted by molar-refractivity contribution is 9.10. The van der Waals surface area contributed by atoms with E-state index < -0.39 is 11.7 Å². The number of halogens is 4. The summed E-state index contributed by atoms with van der Waals surface area (Å²) < 4.78 is 44.9. The number of benzene rings is 2. The summed E-state index contributed by atoms with van der Waals surface area (Å²) in [6.45, 7) is -0.175. The third-order valence-electron chi connectivity index (χ3n) is 2.64. The molecule has 0 aliphatic heterocycles. The van der Waals surface area contributed by atoms with E-state index in [4.69, 9.17) is 10.5 Å². The van der Waals surface area contributed by atoms with Crippen molar-refractivity contribution in [1.82, 2.24) is 0 Å². The number of hydrogen-bond donors (Lipinski definition) is 1. The van der Waals surface area contributed by atoms with E-state index in [0.29, 0.717) is 5.75 Å². The first-order valence-electron chi connectivity index (χ1n) is 5.74. The highest BCUT2D eigenvalue weighted by Gasteiger charge is 2.33. The van der Waals surface area contributed by atoms with Crippen molar-refractivity contribution in [2.24, 2.45) is 5.73 Å². The van der Waals surface area contributed by atoms with Crippen molar-refractivity contribution in [1.29, 1.82) is 0 Å². The quantitative estimate of drug-likeness (QED) is 0.873. The maximum atomic E-state index is 12.9. The highest BCUT2D eigenvalue weighted by Crippen LogP contribution is 2.35. The zero-order valence-corrected chi connectivity index (χ0v) is 11.8. The molecule has 0 unspecified atom stereocenters. The zero-order valence-electron chi connectivity index (χ0n) is 10.2. The Bertz CT molecular complexity index is 614. The van der Waals surface area contributed by atoms with Gasteiger partial charge >= 0.3 is 6.18 Å². The van der Waals surface area contributed by atoms with Gasteiger partial charge in [0.15, 0.2) is 0 Å². The molecule has 0 heterocycles. The van der Waals surface area contributed by atoms with Crippen LogP contribution in [0.15, 0.2) is 46.9 Å². The molecule has 0 aromatic heterocycles. The van der Waals surface area contributed by atoms with Gasteiger partial charge in [-0.25, -0.2) is 0 Å². The van der Waals surface area contributed by atoms with E-state index in [1.165, 1.54) is 12.1 Å². The second-order valence-electron chi connectivity index (χ2n) is 4.08. The van der Waals surface area contributed by atoms with Crippen molar-refractivity contribution in [3.05, 3.63) is 58.1 Å². The summed E-state index contributed by atoms with van der Waals surface area (Å²) >= 11 is 3.27. The Morgan fingerprint density at radius 1 is 1.05 bits per heavy atom. The average Bonchev–Trinajstić information content (AvgIpc) is 2.37. The molecule has 2 aromatic rings. The smallest absolute Gasteiger partial charge is 0.416 e. The second kappa shape index (κ2) is 5.85. The lowest BCUT2D eigenvalue weighted by Gasteiger charge is -2.14. The van der Waals surface area contributed by atoms with Gasteiger partial charge in [-0.05, 0) is 35.9 Å². The Labute approximate surface area is 122 Å². The van der Waals surface area contributed by atoms with Crippen LogP contribution in [0.1, 0.15) is 11.1 Å². The summed E-state index contributed by atoms with van der Waals surface area (Å²) in [6.07, 6.45) is -4.45. The van der Waals surface area contributed by atoms with E-state index in [0.717, 1.165) is 10.5 Å². The summed E-state index contributed by atoms with van der Waals surface area (Å²) in [4.78, 5) is 0. The van der Waals surface area contributed by atoms with Crippen LogP contribution >= 0.6 is 15.9 Å². The van der Waals surface area contributed by atoms with Crippen LogP contribution in [0.4, 0.5) is 13.2 Å². The Morgan fingerprint density at radius 2 is 1.75 bits per heavy atom. The van der Waals surface area contributed by atoms with Gasteiger partial charge in [0.25, 0.3) is 0 Å². The Morgan fingerprint density at radius 3 is 2.35 bits per heavy atom. The van der Waals surface area contributed by atoms with Gasteiger partial charge in [0.05, 0.1) is 5.56 Å². The van der Waals surface area contributed by atoms with Crippen LogP contribution in [0.5, 0.6) is 11.5 Å². The third-order valence-corrected chi connectivity index (χ3v) is 3.13. The van der Waals surface area contributed by atoms with E-state index in [9.17, 15) is 13.2 Å². The SMILES string of the molecule is NCc1ccc(Oc2cccc(Br)c2)cc1C(F)(F)F. The molecule has 2 N–H and O–H groups in total. The van der Waals surface area contributed by atoms with Crippen molar-refractivity contribution >= 4 is 15.9 Å². The molecule has 6 heteroatoms. The van der Waals surface area contributed by atoms with Gasteiger partial charge in [0.1, 0.15) is 11.5 Å². The molecule has 0 aliphatic rings. The minimum Gasteiger partial charge on any atom is -0.457 e. The highest BCUT2D eigenvalue weighted by atomic mass is 79.9. The number of rotatable bonds is 3. The monoisotopic (exact) mass is 345 g/mol. The lowest BCUT2D eigenvalue weighted by atomic mass is 10.1. The zero-order chi connectivity index (χ0) is 14.8. The van der Waals surface area contributed by atoms with Crippen molar-refractivity contribution in [2.75, 3.05) is 0 Å². The van der Waals surface area contributed by atoms with Gasteiger partial charge in [-0.1, -0.05) is 28.1 Å². The molecule has 20 heavy (non-hydrogen) atoms. The van der Waals surface area contributed by atoms with Crippen LogP contribution in [0, 0.1) is 0 Å². The normalized spacial score (nSPS) is 11.4. The van der Waals surface area contributed by atoms with Gasteiger partial charge in [-0.3, -0.25) is 0 Å². The maximum Gasteiger partial charge on any atom is 0.416 e. The van der Waals surface area contributed by atoms with Gasteiger partial charge in [-0.15, -0.1) is 0 Å². The Kier molecular flexibility index (Phi) is 4.35. The Balaban J connectivity index is 2.34. The predicted molar refractivity (Wildman–Crippen MR) is 73.6 cm³/mol. The first-order chi connectivity index (χ1) is 9.40. The van der Waals surface area contributed by atoms with Crippen molar-refractivity contribution in [3.8, 4) is 11.5 Å². The van der Waals surface area contributed by atoms with Crippen molar-refractivity contribution in [3.63, 3.8) is 0 Å². The van der Waals surface area contributed by atoms with Gasteiger partial charge in [-0.2, -0.15) is 13.2 Å². The van der Waals surface area contributed by atoms with Crippen molar-refractivity contribution < 1.29 is 17.9 Å². The fourth-order valence-corrected chi connectivity index (χ4v) is 2.11. The molecule has 2 nitrogen and oxygen atoms in total. The molecule has 0 radical (unpaired) electrons. The number of alkyl halides is 3. The summed E-state index contributed by atoms with van der Waals surface area (Å²) in [5.41, 5.74) is 4.59. The molecule has 0 aliphatic carbocycles. The molecule has 0 saturated heterocycles. The molecule has 2 aromatic carbocycles. The lowest BCUT2D eigenvalue weighted by Crippen LogP contribution is -2.11. The van der Waals surface area contributed by atoms with Crippen LogP contribution < -0.4 is 10.5 Å². The van der Waals surface area contributed by atoms with E-state index in [2.05, 4.69) is 15.9 Å². The van der Waals surface area contributed by atoms with E-state index in [-0.39, 0.29) is 17.9 Å². The van der Waals surface area contributed by atoms with Gasteiger partial charge in [0, 0.05) is 11.0 Å². The molecule has 2 rings (SSSR count). The molecule has 106 valence electrons. The predicted octanol–water partition coefficient (Wildman–Crippen LogP) is 4.72. The second-order valence-corrected chi connectivity index (χ2v) is 5.00. The minimum atomic E-state index is -4.45. The summed E-state index contributed by atoms with van der Waals surface area (Å²) in [7, 11) is 0. The number of hydrogen-bond acceptors (Lipinski definition) is 2. The minimum absolute atomic E-state index is 0.0408. The van der Waals surface area contributed by atoms with Crippen LogP contribution in [0.25, 0.3) is 0 Å². The number of nitrogens with two attached hydrogens (primary N) is 1.